The van der Waals surface area contributed by atoms with Crippen LogP contribution in [0.15, 0.2) is 41.8 Å². The molecule has 1 aliphatic rings. The number of nitriles is 1. The zero-order valence-electron chi connectivity index (χ0n) is 10.7. The molecule has 1 atom stereocenters. The van der Waals surface area contributed by atoms with Gasteiger partial charge in [0.1, 0.15) is 11.6 Å². The zero-order valence-corrected chi connectivity index (χ0v) is 11.5. The van der Waals surface area contributed by atoms with E-state index in [-0.39, 0.29) is 30.0 Å². The molecule has 1 aromatic rings. The second-order valence-electron chi connectivity index (χ2n) is 4.38. The van der Waals surface area contributed by atoms with Gasteiger partial charge in [-0.1, -0.05) is 23.3 Å². The Labute approximate surface area is 124 Å². The first-order valence-corrected chi connectivity index (χ1v) is 6.33. The maximum atomic E-state index is 14.4. The van der Waals surface area contributed by atoms with Crippen molar-refractivity contribution < 1.29 is 19.0 Å². The molecular formula is C14H10ClFN2O3. The summed E-state index contributed by atoms with van der Waals surface area (Å²) in [6, 6.07) is 4.90. The summed E-state index contributed by atoms with van der Waals surface area (Å²) in [5.41, 5.74) is 0.486. The highest BCUT2D eigenvalue weighted by Gasteiger charge is 2.38. The molecule has 0 aliphatic heterocycles. The van der Waals surface area contributed by atoms with Crippen molar-refractivity contribution in [1.29, 1.82) is 5.26 Å². The first kappa shape index (κ1) is 15.0. The van der Waals surface area contributed by atoms with E-state index in [4.69, 9.17) is 26.7 Å². The van der Waals surface area contributed by atoms with Crippen molar-refractivity contribution in [1.82, 2.24) is 4.98 Å². The Balaban J connectivity index is 2.27. The number of carboxylic acids is 1. The van der Waals surface area contributed by atoms with Crippen molar-refractivity contribution >= 4 is 17.6 Å². The number of carbonyl (C=O) groups is 1. The van der Waals surface area contributed by atoms with Crippen LogP contribution in [0.3, 0.4) is 0 Å². The molecule has 1 unspecified atom stereocenters. The number of hydrogen-bond donors (Lipinski definition) is 1. The van der Waals surface area contributed by atoms with E-state index in [1.165, 1.54) is 24.4 Å². The molecule has 0 aromatic carbocycles. The van der Waals surface area contributed by atoms with E-state index in [2.05, 4.69) is 4.98 Å². The molecule has 0 amide bonds. The predicted octanol–water partition coefficient (Wildman–Crippen LogP) is 2.93. The van der Waals surface area contributed by atoms with Crippen LogP contribution in [0.4, 0.5) is 4.39 Å². The smallest absolute Gasteiger partial charge is 0.307 e. The minimum atomic E-state index is -2.37. The van der Waals surface area contributed by atoms with Gasteiger partial charge in [0.25, 0.3) is 0 Å². The van der Waals surface area contributed by atoms with Gasteiger partial charge in [0.2, 0.25) is 11.0 Å². The molecular weight excluding hydrogens is 299 g/mol. The quantitative estimate of drug-likeness (QED) is 0.865. The molecule has 0 saturated carbocycles. The Bertz CT molecular complexity index is 677. The summed E-state index contributed by atoms with van der Waals surface area (Å²) < 4.78 is 19.7. The van der Waals surface area contributed by atoms with Gasteiger partial charge in [0, 0.05) is 12.6 Å². The topological polar surface area (TPSA) is 83.2 Å². The highest BCUT2D eigenvalue weighted by Crippen LogP contribution is 2.39. The SMILES string of the molecule is N#Cc1cccnc1OC1=CC=C(CC(=O)O)CC1(F)Cl. The van der Waals surface area contributed by atoms with Crippen LogP contribution in [0.5, 0.6) is 5.88 Å². The van der Waals surface area contributed by atoms with Crippen molar-refractivity contribution in [2.75, 3.05) is 0 Å². The van der Waals surface area contributed by atoms with E-state index < -0.39 is 11.1 Å². The fraction of sp³-hybridized carbons (Fsp3) is 0.214. The van der Waals surface area contributed by atoms with Crippen molar-refractivity contribution in [2.45, 2.75) is 18.0 Å². The molecule has 108 valence electrons. The molecule has 1 aromatic heterocycles. The molecule has 21 heavy (non-hydrogen) atoms. The van der Waals surface area contributed by atoms with Gasteiger partial charge in [-0.05, 0) is 18.2 Å². The number of hydrogen-bond acceptors (Lipinski definition) is 4. The second kappa shape index (κ2) is 5.94. The Morgan fingerprint density at radius 3 is 3.00 bits per heavy atom. The molecule has 0 saturated heterocycles. The van der Waals surface area contributed by atoms with Crippen molar-refractivity contribution in [3.8, 4) is 11.9 Å². The average molecular weight is 309 g/mol. The monoisotopic (exact) mass is 308 g/mol. The molecule has 0 fully saturated rings. The standard InChI is InChI=1S/C14H10ClFN2O3/c15-14(16)7-9(6-12(19)20)3-4-11(14)21-13-10(8-17)2-1-5-18-13/h1-5H,6-7H2,(H,19,20). The molecule has 1 aliphatic carbocycles. The van der Waals surface area contributed by atoms with Gasteiger partial charge in [0.05, 0.1) is 6.42 Å². The van der Waals surface area contributed by atoms with Crippen LogP contribution in [0, 0.1) is 11.3 Å². The van der Waals surface area contributed by atoms with Crippen LogP contribution in [-0.4, -0.2) is 21.2 Å². The number of alkyl halides is 2. The van der Waals surface area contributed by atoms with Crippen molar-refractivity contribution in [3.05, 3.63) is 47.4 Å². The van der Waals surface area contributed by atoms with Crippen LogP contribution < -0.4 is 4.74 Å². The van der Waals surface area contributed by atoms with Gasteiger partial charge < -0.3 is 9.84 Å². The number of rotatable bonds is 4. The van der Waals surface area contributed by atoms with Gasteiger partial charge in [-0.25, -0.2) is 9.37 Å². The lowest BCUT2D eigenvalue weighted by Crippen LogP contribution is -2.26. The lowest BCUT2D eigenvalue weighted by atomic mass is 9.99. The Morgan fingerprint density at radius 2 is 2.38 bits per heavy atom. The highest BCUT2D eigenvalue weighted by molar-refractivity contribution is 6.24. The normalized spacial score (nSPS) is 21.0. The van der Waals surface area contributed by atoms with E-state index in [1.54, 1.807) is 6.07 Å². The number of ether oxygens (including phenoxy) is 1. The molecule has 5 nitrogen and oxygen atoms in total. The van der Waals surface area contributed by atoms with Gasteiger partial charge in [-0.2, -0.15) is 5.26 Å². The summed E-state index contributed by atoms with van der Waals surface area (Å²) in [6.07, 6.45) is 3.50. The lowest BCUT2D eigenvalue weighted by Gasteiger charge is -2.25. The lowest BCUT2D eigenvalue weighted by molar-refractivity contribution is -0.136. The van der Waals surface area contributed by atoms with E-state index in [0.717, 1.165) is 0 Å². The van der Waals surface area contributed by atoms with Crippen LogP contribution in [0.2, 0.25) is 0 Å². The van der Waals surface area contributed by atoms with Crippen LogP contribution in [-0.2, 0) is 4.79 Å². The number of allylic oxidation sites excluding steroid dienone is 3. The van der Waals surface area contributed by atoms with Crippen molar-refractivity contribution in [3.63, 3.8) is 0 Å². The second-order valence-corrected chi connectivity index (χ2v) is 4.98. The van der Waals surface area contributed by atoms with E-state index >= 15 is 0 Å². The molecule has 0 spiro atoms. The number of aliphatic carboxylic acids is 1. The number of pyridine rings is 1. The minimum Gasteiger partial charge on any atom is -0.481 e. The molecule has 1 N–H and O–H groups in total. The summed E-state index contributed by atoms with van der Waals surface area (Å²) in [5, 5.41) is 15.3. The molecule has 0 radical (unpaired) electrons. The van der Waals surface area contributed by atoms with Gasteiger partial charge in [0.15, 0.2) is 5.76 Å². The summed E-state index contributed by atoms with van der Waals surface area (Å²) in [6.45, 7) is 0. The van der Waals surface area contributed by atoms with Crippen molar-refractivity contribution in [2.24, 2.45) is 0 Å². The molecule has 0 bridgehead atoms. The van der Waals surface area contributed by atoms with Gasteiger partial charge in [-0.15, -0.1) is 0 Å². The van der Waals surface area contributed by atoms with Crippen LogP contribution >= 0.6 is 11.6 Å². The average Bonchev–Trinajstić information content (AvgIpc) is 2.41. The Kier molecular flexibility index (Phi) is 4.24. The predicted molar refractivity (Wildman–Crippen MR) is 72.3 cm³/mol. The van der Waals surface area contributed by atoms with Gasteiger partial charge >= 0.3 is 5.97 Å². The van der Waals surface area contributed by atoms with E-state index in [9.17, 15) is 9.18 Å². The Morgan fingerprint density at radius 1 is 1.62 bits per heavy atom. The number of carboxylic acid groups (broad SMARTS) is 1. The molecule has 1 heterocycles. The van der Waals surface area contributed by atoms with E-state index in [1.807, 2.05) is 6.07 Å². The van der Waals surface area contributed by atoms with Crippen LogP contribution in [0.25, 0.3) is 0 Å². The summed E-state index contributed by atoms with van der Waals surface area (Å²) >= 11 is 5.76. The molecule has 7 heteroatoms. The maximum absolute atomic E-state index is 14.4. The molecule has 2 rings (SSSR count). The van der Waals surface area contributed by atoms with Gasteiger partial charge in [-0.3, -0.25) is 4.79 Å². The number of nitrogens with zero attached hydrogens (tertiary/aromatic N) is 2. The van der Waals surface area contributed by atoms with Crippen LogP contribution in [0.1, 0.15) is 18.4 Å². The third kappa shape index (κ3) is 3.58. The fourth-order valence-electron chi connectivity index (χ4n) is 1.83. The first-order chi connectivity index (χ1) is 9.92. The largest absolute Gasteiger partial charge is 0.481 e. The third-order valence-corrected chi connectivity index (χ3v) is 3.08. The fourth-order valence-corrected chi connectivity index (χ4v) is 2.11. The maximum Gasteiger partial charge on any atom is 0.307 e. The zero-order chi connectivity index (χ0) is 15.5. The first-order valence-electron chi connectivity index (χ1n) is 5.95. The highest BCUT2D eigenvalue weighted by atomic mass is 35.5. The number of aromatic nitrogens is 1. The van der Waals surface area contributed by atoms with E-state index in [0.29, 0.717) is 5.57 Å². The summed E-state index contributed by atoms with van der Waals surface area (Å²) in [4.78, 5) is 14.5. The summed E-state index contributed by atoms with van der Waals surface area (Å²) in [5.74, 6) is -1.35. The third-order valence-electron chi connectivity index (χ3n) is 2.76. The summed E-state index contributed by atoms with van der Waals surface area (Å²) in [7, 11) is 0. The Hall–Kier alpha value is -2.39. The minimum absolute atomic E-state index is 0.0518. The number of halogens is 2.